The van der Waals surface area contributed by atoms with Crippen molar-refractivity contribution in [1.82, 2.24) is 0 Å². The van der Waals surface area contributed by atoms with Crippen LogP contribution in [-0.2, 0) is 32.7 Å². The largest absolute Gasteiger partial charge is 0.358 e. The molecule has 0 nitrogen and oxygen atoms in total. The first-order valence-corrected chi connectivity index (χ1v) is 1.73. The molecule has 0 aromatic heterocycles. The Balaban J connectivity index is -0.0000000150. The van der Waals surface area contributed by atoms with Crippen LogP contribution >= 0.6 is 0 Å². The summed E-state index contributed by atoms with van der Waals surface area (Å²) in [6.45, 7) is 6.50. The van der Waals surface area contributed by atoms with Gasteiger partial charge in [-0.1, -0.05) is 20.8 Å². The Labute approximate surface area is 74.9 Å². The van der Waals surface area contributed by atoms with Crippen molar-refractivity contribution in [2.45, 2.75) is 20.8 Å². The van der Waals surface area contributed by atoms with E-state index in [9.17, 15) is 0 Å². The Morgan fingerprint density at radius 1 is 1.00 bits per heavy atom. The van der Waals surface area contributed by atoms with Gasteiger partial charge in [0.25, 0.3) is 0 Å². The fourth-order valence-electron chi connectivity index (χ4n) is 0. The molecule has 40 valence electrons. The van der Waals surface area contributed by atoms with Crippen LogP contribution in [0.4, 0.5) is 0 Å². The van der Waals surface area contributed by atoms with Gasteiger partial charge in [0.15, 0.2) is 0 Å². The molecule has 0 amide bonds. The fourth-order valence-corrected chi connectivity index (χ4v) is 0. The first-order chi connectivity index (χ1) is 1.73. The van der Waals surface area contributed by atoms with Crippen LogP contribution < -0.4 is 0 Å². The maximum Gasteiger partial charge on any atom is 0 e. The Kier molecular flexibility index (Phi) is 54.2. The van der Waals surface area contributed by atoms with Crippen LogP contribution in [0.1, 0.15) is 20.8 Å². The molecule has 7 heavy (non-hydrogen) atoms. The Morgan fingerprint density at radius 3 is 1.00 bits per heavy atom. The minimum absolute atomic E-state index is 0. The van der Waals surface area contributed by atoms with Crippen LogP contribution in [-0.4, -0.2) is 8.41 Å². The zero-order chi connectivity index (χ0) is 3.58. The van der Waals surface area contributed by atoms with Gasteiger partial charge < -0.3 is 7.43 Å². The SMILES string of the molecule is CC(C)C.[B].[CH3-].[Y]. The van der Waals surface area contributed by atoms with E-state index in [2.05, 4.69) is 20.8 Å². The minimum atomic E-state index is 0. The number of hydrogen-bond acceptors (Lipinski definition) is 0. The molecule has 0 aliphatic rings. The molecule has 0 aliphatic carbocycles. The zero-order valence-corrected chi connectivity index (χ0v) is 8.57. The zero-order valence-electron chi connectivity index (χ0n) is 5.73. The first-order valence-electron chi connectivity index (χ1n) is 1.73. The summed E-state index contributed by atoms with van der Waals surface area (Å²) in [6, 6.07) is 0. The average Bonchev–Trinajstić information content (AvgIpc) is 0.811. The van der Waals surface area contributed by atoms with E-state index in [-0.39, 0.29) is 48.5 Å². The van der Waals surface area contributed by atoms with Crippen LogP contribution in [0.15, 0.2) is 0 Å². The molecule has 0 aromatic rings. The van der Waals surface area contributed by atoms with Gasteiger partial charge in [-0.15, -0.1) is 0 Å². The normalized spacial score (nSPS) is 5.14. The van der Waals surface area contributed by atoms with E-state index >= 15 is 0 Å². The van der Waals surface area contributed by atoms with Crippen LogP contribution in [0.5, 0.6) is 0 Å². The molecule has 0 bridgehead atoms. The molecule has 2 heteroatoms. The quantitative estimate of drug-likeness (QED) is 0.386. The first kappa shape index (κ1) is 24.2. The van der Waals surface area contributed by atoms with Gasteiger partial charge >= 0.3 is 0 Å². The van der Waals surface area contributed by atoms with Gasteiger partial charge in [0.2, 0.25) is 0 Å². The van der Waals surface area contributed by atoms with E-state index < -0.39 is 0 Å². The maximum atomic E-state index is 2.17. The molecule has 0 atom stereocenters. The molecule has 0 unspecified atom stereocenters. The van der Waals surface area contributed by atoms with Gasteiger partial charge in [0.1, 0.15) is 0 Å². The molecule has 0 saturated heterocycles. The fraction of sp³-hybridized carbons (Fsp3) is 0.800. The second-order valence-corrected chi connectivity index (χ2v) is 1.73. The third-order valence-corrected chi connectivity index (χ3v) is 0. The Bertz CT molecular complexity index is 12.8. The van der Waals surface area contributed by atoms with Gasteiger partial charge in [-0.3, -0.25) is 0 Å². The number of hydrogen-bond donors (Lipinski definition) is 0. The standard InChI is InChI=1S/C4H10.CH3.B.Y/c1-4(2)3;;;/h4H,1-3H3;1H3;;/q;-1;;. The van der Waals surface area contributed by atoms with E-state index in [1.54, 1.807) is 0 Å². The van der Waals surface area contributed by atoms with Gasteiger partial charge in [0, 0.05) is 41.1 Å². The molecule has 0 fully saturated rings. The summed E-state index contributed by atoms with van der Waals surface area (Å²) in [5.41, 5.74) is 0. The van der Waals surface area contributed by atoms with Gasteiger partial charge in [-0.05, 0) is 5.92 Å². The van der Waals surface area contributed by atoms with Crippen molar-refractivity contribution in [3.05, 3.63) is 7.43 Å². The van der Waals surface area contributed by atoms with E-state index in [0.29, 0.717) is 0 Å². The molecular formula is C5H13BY-. The van der Waals surface area contributed by atoms with E-state index in [1.807, 2.05) is 0 Å². The summed E-state index contributed by atoms with van der Waals surface area (Å²) in [5, 5.41) is 0. The van der Waals surface area contributed by atoms with Gasteiger partial charge in [-0.2, -0.15) is 0 Å². The summed E-state index contributed by atoms with van der Waals surface area (Å²) >= 11 is 0. The van der Waals surface area contributed by atoms with Crippen molar-refractivity contribution in [2.24, 2.45) is 5.92 Å². The molecule has 0 spiro atoms. The topological polar surface area (TPSA) is 0 Å². The molecule has 0 heterocycles. The summed E-state index contributed by atoms with van der Waals surface area (Å²) in [4.78, 5) is 0. The van der Waals surface area contributed by atoms with Crippen molar-refractivity contribution in [2.75, 3.05) is 0 Å². The molecule has 0 rings (SSSR count). The third kappa shape index (κ3) is 140. The molecule has 0 saturated carbocycles. The monoisotopic (exact) mass is 173 g/mol. The van der Waals surface area contributed by atoms with Crippen molar-refractivity contribution in [1.29, 1.82) is 0 Å². The second kappa shape index (κ2) is 15.7. The molecule has 4 radical (unpaired) electrons. The second-order valence-electron chi connectivity index (χ2n) is 1.73. The Morgan fingerprint density at radius 2 is 1.00 bits per heavy atom. The Hall–Kier alpha value is 1.17. The molecule has 0 aliphatic heterocycles. The average molecular weight is 173 g/mol. The van der Waals surface area contributed by atoms with Crippen molar-refractivity contribution in [3.8, 4) is 0 Å². The van der Waals surface area contributed by atoms with Crippen LogP contribution in [0.3, 0.4) is 0 Å². The van der Waals surface area contributed by atoms with E-state index in [0.717, 1.165) is 5.92 Å². The van der Waals surface area contributed by atoms with E-state index in [1.165, 1.54) is 0 Å². The summed E-state index contributed by atoms with van der Waals surface area (Å²) < 4.78 is 0. The molecule has 0 N–H and O–H groups in total. The maximum absolute atomic E-state index is 2.17. The van der Waals surface area contributed by atoms with E-state index in [4.69, 9.17) is 0 Å². The predicted molar refractivity (Wildman–Crippen MR) is 32.7 cm³/mol. The van der Waals surface area contributed by atoms with Crippen molar-refractivity contribution < 1.29 is 32.7 Å². The third-order valence-electron chi connectivity index (χ3n) is 0. The van der Waals surface area contributed by atoms with Gasteiger partial charge in [0.05, 0.1) is 0 Å². The summed E-state index contributed by atoms with van der Waals surface area (Å²) in [5.74, 6) is 0.833. The minimum Gasteiger partial charge on any atom is -0.358 e. The van der Waals surface area contributed by atoms with Crippen molar-refractivity contribution >= 4 is 8.41 Å². The smallest absolute Gasteiger partial charge is 0 e. The predicted octanol–water partition coefficient (Wildman–Crippen LogP) is 1.73. The van der Waals surface area contributed by atoms with Crippen molar-refractivity contribution in [3.63, 3.8) is 0 Å². The van der Waals surface area contributed by atoms with Crippen LogP contribution in [0.2, 0.25) is 0 Å². The summed E-state index contributed by atoms with van der Waals surface area (Å²) in [6.07, 6.45) is 0. The van der Waals surface area contributed by atoms with Gasteiger partial charge in [-0.25, -0.2) is 0 Å². The van der Waals surface area contributed by atoms with Crippen LogP contribution in [0.25, 0.3) is 0 Å². The van der Waals surface area contributed by atoms with Crippen LogP contribution in [0, 0.1) is 13.3 Å². The molecule has 0 aromatic carbocycles. The number of rotatable bonds is 0. The molecular weight excluding hydrogens is 160 g/mol. The summed E-state index contributed by atoms with van der Waals surface area (Å²) in [7, 11) is 0.